The molecule has 0 saturated heterocycles. The van der Waals surface area contributed by atoms with Crippen LogP contribution in [0.15, 0.2) is 0 Å². The molecule has 4 bridgehead atoms. The molecule has 0 radical (unpaired) electrons. The maximum atomic E-state index is 12.8. The molecule has 2 N–H and O–H groups in total. The zero-order chi connectivity index (χ0) is 14.7. The molecule has 4 saturated carbocycles. The van der Waals surface area contributed by atoms with Crippen molar-refractivity contribution in [3.8, 4) is 0 Å². The van der Waals surface area contributed by atoms with Gasteiger partial charge in [0.2, 0.25) is 11.0 Å². The Bertz CT molecular complexity index is 571. The van der Waals surface area contributed by atoms with Gasteiger partial charge in [-0.25, -0.2) is 0 Å². The third-order valence-corrected chi connectivity index (χ3v) is 6.48. The van der Waals surface area contributed by atoms with E-state index in [-0.39, 0.29) is 11.3 Å². The van der Waals surface area contributed by atoms with Gasteiger partial charge in [-0.1, -0.05) is 18.3 Å². The molecule has 1 aromatic heterocycles. The lowest BCUT2D eigenvalue weighted by Gasteiger charge is -2.59. The molecule has 1 amide bonds. The summed E-state index contributed by atoms with van der Waals surface area (Å²) in [5, 5.41) is 23.3. The molecule has 1 heterocycles. The number of amides is 1. The number of anilines is 1. The standard InChI is InChI=1S/C15H21N3O2S/c1-2-11-17-18-13(21-11)16-12(19)14-4-9-3-10(5-14)7-15(20,6-9)8-14/h9-10,20H,2-8H2,1H3,(H,16,18,19)/t9-,10+,14?,15?. The molecule has 5 nitrogen and oxygen atoms in total. The number of aromatic nitrogens is 2. The van der Waals surface area contributed by atoms with Crippen molar-refractivity contribution in [3.05, 3.63) is 5.01 Å². The molecule has 4 fully saturated rings. The van der Waals surface area contributed by atoms with Gasteiger partial charge >= 0.3 is 0 Å². The van der Waals surface area contributed by atoms with Crippen LogP contribution in [0.25, 0.3) is 0 Å². The van der Waals surface area contributed by atoms with Crippen molar-refractivity contribution in [2.24, 2.45) is 17.3 Å². The van der Waals surface area contributed by atoms with Gasteiger partial charge in [0.15, 0.2) is 0 Å². The molecule has 4 aliphatic rings. The maximum absolute atomic E-state index is 12.8. The molecule has 1 aromatic rings. The SMILES string of the molecule is CCc1nnc(NC(=O)C23C[C@@H]4C[C@@H](CC(O)(C4)C2)C3)s1. The fourth-order valence-electron chi connectivity index (χ4n) is 5.16. The molecule has 0 spiro atoms. The largest absolute Gasteiger partial charge is 0.390 e. The van der Waals surface area contributed by atoms with Gasteiger partial charge < -0.3 is 10.4 Å². The van der Waals surface area contributed by atoms with Gasteiger partial charge in [-0.2, -0.15) is 0 Å². The summed E-state index contributed by atoms with van der Waals surface area (Å²) in [7, 11) is 0. The molecular weight excluding hydrogens is 286 g/mol. The van der Waals surface area contributed by atoms with Crippen LogP contribution >= 0.6 is 11.3 Å². The van der Waals surface area contributed by atoms with Crippen molar-refractivity contribution in [3.63, 3.8) is 0 Å². The third kappa shape index (κ3) is 2.19. The van der Waals surface area contributed by atoms with E-state index in [0.29, 0.717) is 23.4 Å². The number of carbonyl (C=O) groups is 1. The van der Waals surface area contributed by atoms with Gasteiger partial charge in [-0.3, -0.25) is 4.79 Å². The van der Waals surface area contributed by atoms with Gasteiger partial charge in [-0.15, -0.1) is 10.2 Å². The van der Waals surface area contributed by atoms with E-state index in [4.69, 9.17) is 0 Å². The van der Waals surface area contributed by atoms with Gasteiger partial charge in [-0.05, 0) is 56.8 Å². The Morgan fingerprint density at radius 2 is 2.05 bits per heavy atom. The average molecular weight is 307 g/mol. The molecule has 114 valence electrons. The topological polar surface area (TPSA) is 75.1 Å². The Kier molecular flexibility index (Phi) is 2.92. The van der Waals surface area contributed by atoms with E-state index >= 15 is 0 Å². The zero-order valence-corrected chi connectivity index (χ0v) is 13.1. The van der Waals surface area contributed by atoms with Gasteiger partial charge in [0.1, 0.15) is 5.01 Å². The van der Waals surface area contributed by atoms with Crippen molar-refractivity contribution in [2.75, 3.05) is 5.32 Å². The molecule has 0 aliphatic heterocycles. The molecule has 4 atom stereocenters. The van der Waals surface area contributed by atoms with Gasteiger partial charge in [0, 0.05) is 0 Å². The van der Waals surface area contributed by atoms with Crippen LogP contribution in [0.3, 0.4) is 0 Å². The Hall–Kier alpha value is -1.01. The molecule has 0 aromatic carbocycles. The van der Waals surface area contributed by atoms with E-state index < -0.39 is 5.60 Å². The number of aryl methyl sites for hydroxylation is 1. The summed E-state index contributed by atoms with van der Waals surface area (Å²) in [6.45, 7) is 2.03. The van der Waals surface area contributed by atoms with Crippen LogP contribution in [0.5, 0.6) is 0 Å². The number of carbonyl (C=O) groups excluding carboxylic acids is 1. The summed E-state index contributed by atoms with van der Waals surface area (Å²) in [6, 6.07) is 0. The van der Waals surface area contributed by atoms with Crippen molar-refractivity contribution < 1.29 is 9.90 Å². The number of rotatable bonds is 3. The Labute approximate surface area is 128 Å². The van der Waals surface area contributed by atoms with Crippen LogP contribution in [0, 0.1) is 17.3 Å². The number of hydrogen-bond acceptors (Lipinski definition) is 5. The van der Waals surface area contributed by atoms with Crippen molar-refractivity contribution >= 4 is 22.4 Å². The second kappa shape index (κ2) is 4.49. The van der Waals surface area contributed by atoms with E-state index in [9.17, 15) is 9.90 Å². The minimum absolute atomic E-state index is 0.0498. The van der Waals surface area contributed by atoms with Crippen LogP contribution < -0.4 is 5.32 Å². The Morgan fingerprint density at radius 1 is 1.33 bits per heavy atom. The predicted octanol–water partition coefficient (Wildman–Crippen LogP) is 2.37. The normalized spacial score (nSPS) is 40.5. The highest BCUT2D eigenvalue weighted by Gasteiger charge is 2.60. The van der Waals surface area contributed by atoms with E-state index in [1.165, 1.54) is 17.8 Å². The Morgan fingerprint density at radius 3 is 2.62 bits per heavy atom. The second-order valence-corrected chi connectivity index (χ2v) is 8.34. The molecule has 6 heteroatoms. The first-order valence-corrected chi connectivity index (χ1v) is 8.68. The highest BCUT2D eigenvalue weighted by molar-refractivity contribution is 7.15. The summed E-state index contributed by atoms with van der Waals surface area (Å²) >= 11 is 1.45. The summed E-state index contributed by atoms with van der Waals surface area (Å²) in [4.78, 5) is 12.8. The summed E-state index contributed by atoms with van der Waals surface area (Å²) < 4.78 is 0. The van der Waals surface area contributed by atoms with E-state index in [1.807, 2.05) is 6.92 Å². The van der Waals surface area contributed by atoms with E-state index in [1.54, 1.807) is 0 Å². The van der Waals surface area contributed by atoms with Crippen LogP contribution in [0.4, 0.5) is 5.13 Å². The second-order valence-electron chi connectivity index (χ2n) is 7.27. The van der Waals surface area contributed by atoms with Crippen LogP contribution in [0.2, 0.25) is 0 Å². The summed E-state index contributed by atoms with van der Waals surface area (Å²) in [6.07, 6.45) is 6.28. The van der Waals surface area contributed by atoms with Crippen LogP contribution in [-0.4, -0.2) is 26.8 Å². The van der Waals surface area contributed by atoms with E-state index in [2.05, 4.69) is 15.5 Å². The van der Waals surface area contributed by atoms with Crippen molar-refractivity contribution in [1.82, 2.24) is 10.2 Å². The summed E-state index contributed by atoms with van der Waals surface area (Å²) in [5.41, 5.74) is -0.978. The van der Waals surface area contributed by atoms with Crippen LogP contribution in [-0.2, 0) is 11.2 Å². The highest BCUT2D eigenvalue weighted by atomic mass is 32.1. The molecular formula is C15H21N3O2S. The Balaban J connectivity index is 1.56. The quantitative estimate of drug-likeness (QED) is 0.899. The third-order valence-electron chi connectivity index (χ3n) is 5.50. The van der Waals surface area contributed by atoms with Crippen molar-refractivity contribution in [1.29, 1.82) is 0 Å². The fraction of sp³-hybridized carbons (Fsp3) is 0.800. The zero-order valence-electron chi connectivity index (χ0n) is 12.3. The monoisotopic (exact) mass is 307 g/mol. The lowest BCUT2D eigenvalue weighted by atomic mass is 9.47. The van der Waals surface area contributed by atoms with Gasteiger partial charge in [0.05, 0.1) is 11.0 Å². The minimum atomic E-state index is -0.600. The molecule has 21 heavy (non-hydrogen) atoms. The van der Waals surface area contributed by atoms with Crippen LogP contribution in [0.1, 0.15) is 50.5 Å². The fourth-order valence-corrected chi connectivity index (χ4v) is 5.83. The summed E-state index contributed by atoms with van der Waals surface area (Å²) in [5.74, 6) is 1.08. The molecule has 2 unspecified atom stereocenters. The lowest BCUT2D eigenvalue weighted by Crippen LogP contribution is -2.59. The van der Waals surface area contributed by atoms with E-state index in [0.717, 1.165) is 37.1 Å². The van der Waals surface area contributed by atoms with Crippen molar-refractivity contribution in [2.45, 2.75) is 57.5 Å². The number of hydrogen-bond donors (Lipinski definition) is 2. The molecule has 4 aliphatic carbocycles. The number of aliphatic hydroxyl groups is 1. The first kappa shape index (κ1) is 13.6. The first-order chi connectivity index (χ1) is 10.0. The number of nitrogens with one attached hydrogen (secondary N) is 1. The highest BCUT2D eigenvalue weighted by Crippen LogP contribution is 2.61. The first-order valence-electron chi connectivity index (χ1n) is 7.86. The van der Waals surface area contributed by atoms with Gasteiger partial charge in [0.25, 0.3) is 0 Å². The maximum Gasteiger partial charge on any atom is 0.232 e. The minimum Gasteiger partial charge on any atom is -0.390 e. The number of nitrogens with zero attached hydrogens (tertiary/aromatic N) is 2. The lowest BCUT2D eigenvalue weighted by molar-refractivity contribution is -0.174. The predicted molar refractivity (Wildman–Crippen MR) is 80.0 cm³/mol. The molecule has 5 rings (SSSR count). The smallest absolute Gasteiger partial charge is 0.232 e. The average Bonchev–Trinajstić information content (AvgIpc) is 2.83.